The van der Waals surface area contributed by atoms with Crippen molar-refractivity contribution in [2.24, 2.45) is 11.8 Å². The summed E-state index contributed by atoms with van der Waals surface area (Å²) in [5.41, 5.74) is 2.85. The van der Waals surface area contributed by atoms with Gasteiger partial charge in [-0.1, -0.05) is 43.7 Å². The predicted molar refractivity (Wildman–Crippen MR) is 184 cm³/mol. The highest BCUT2D eigenvalue weighted by Gasteiger charge is 2.30. The van der Waals surface area contributed by atoms with E-state index in [2.05, 4.69) is 34.3 Å². The lowest BCUT2D eigenvalue weighted by Gasteiger charge is -2.34. The first-order valence-corrected chi connectivity index (χ1v) is 16.8. The third-order valence-corrected chi connectivity index (χ3v) is 9.25. The monoisotopic (exact) mass is 635 g/mol. The standard InChI is InChI=1S/C38H45N5O4/c1-24-10-6-13-28(24)33(44)22-26-11-7-14-30-29(26)17-16-25(2)34(30)46-35-31(15-8-19-39-35)32-18-20-40-36(42-32)41-27-12-9-21-43(23-27)37(45)47-38(3,4)5/h7-8,11,14-20,24,27-28H,6,9-10,12-13,21-23H2,1-5H3,(H,40,41,42)/t24?,27-,28?/m0/s1. The average Bonchev–Trinajstić information content (AvgIpc) is 3.48. The maximum absolute atomic E-state index is 13.3. The fourth-order valence-electron chi connectivity index (χ4n) is 6.85. The number of carbonyl (C=O) groups is 2. The molecule has 6 rings (SSSR count). The molecular formula is C38H45N5O4. The molecule has 9 nitrogen and oxygen atoms in total. The number of Topliss-reactive ketones (excluding diaryl/α,β-unsaturated/α-hetero) is 1. The zero-order chi connectivity index (χ0) is 33.1. The van der Waals surface area contributed by atoms with E-state index in [1.807, 2.05) is 64.1 Å². The van der Waals surface area contributed by atoms with E-state index in [9.17, 15) is 9.59 Å². The molecule has 0 spiro atoms. The fourth-order valence-corrected chi connectivity index (χ4v) is 6.85. The first kappa shape index (κ1) is 32.4. The van der Waals surface area contributed by atoms with Crippen LogP contribution in [0.5, 0.6) is 11.6 Å². The zero-order valence-electron chi connectivity index (χ0n) is 28.1. The molecule has 1 N–H and O–H groups in total. The number of ketones is 1. The lowest BCUT2D eigenvalue weighted by Crippen LogP contribution is -2.47. The molecule has 4 aromatic rings. The number of pyridine rings is 1. The van der Waals surface area contributed by atoms with Gasteiger partial charge in [0.1, 0.15) is 17.1 Å². The van der Waals surface area contributed by atoms with Crippen molar-refractivity contribution in [3.05, 3.63) is 72.1 Å². The van der Waals surface area contributed by atoms with Crippen molar-refractivity contribution in [2.45, 2.75) is 84.8 Å². The topological polar surface area (TPSA) is 107 Å². The summed E-state index contributed by atoms with van der Waals surface area (Å²) < 4.78 is 12.2. The molecule has 3 atom stereocenters. The van der Waals surface area contributed by atoms with Gasteiger partial charge < -0.3 is 19.7 Å². The van der Waals surface area contributed by atoms with Crippen LogP contribution in [0.15, 0.2) is 60.9 Å². The van der Waals surface area contributed by atoms with Crippen molar-refractivity contribution in [1.82, 2.24) is 19.9 Å². The van der Waals surface area contributed by atoms with Crippen LogP contribution in [-0.2, 0) is 16.0 Å². The number of nitrogens with zero attached hydrogens (tertiary/aromatic N) is 4. The summed E-state index contributed by atoms with van der Waals surface area (Å²) >= 11 is 0. The number of amides is 1. The lowest BCUT2D eigenvalue weighted by molar-refractivity contribution is -0.123. The Bertz CT molecular complexity index is 1770. The summed E-state index contributed by atoms with van der Waals surface area (Å²) in [6.07, 6.45) is 8.55. The molecule has 2 aromatic heterocycles. The summed E-state index contributed by atoms with van der Waals surface area (Å²) in [5, 5.41) is 5.39. The number of rotatable bonds is 8. The summed E-state index contributed by atoms with van der Waals surface area (Å²) in [6.45, 7) is 11.0. The SMILES string of the molecule is Cc1ccc2c(CC(=O)C3CCCC3C)cccc2c1Oc1ncccc1-c1ccnc(N[C@H]2CCCN(C(=O)OC(C)(C)C)C2)n1. The second-order valence-electron chi connectivity index (χ2n) is 14.0. The second kappa shape index (κ2) is 13.7. The van der Waals surface area contributed by atoms with Gasteiger partial charge in [0.25, 0.3) is 0 Å². The maximum atomic E-state index is 13.3. The number of aryl methyl sites for hydroxylation is 1. The maximum Gasteiger partial charge on any atom is 0.410 e. The van der Waals surface area contributed by atoms with Crippen molar-refractivity contribution >= 4 is 28.6 Å². The Morgan fingerprint density at radius 2 is 1.81 bits per heavy atom. The highest BCUT2D eigenvalue weighted by Crippen LogP contribution is 2.39. The van der Waals surface area contributed by atoms with Gasteiger partial charge >= 0.3 is 6.09 Å². The van der Waals surface area contributed by atoms with Gasteiger partial charge in [-0.05, 0) is 94.0 Å². The first-order valence-electron chi connectivity index (χ1n) is 16.8. The summed E-state index contributed by atoms with van der Waals surface area (Å²) in [4.78, 5) is 41.6. The number of hydrogen-bond donors (Lipinski definition) is 1. The summed E-state index contributed by atoms with van der Waals surface area (Å²) in [7, 11) is 0. The van der Waals surface area contributed by atoms with Crippen molar-refractivity contribution < 1.29 is 19.1 Å². The molecule has 1 saturated heterocycles. The van der Waals surface area contributed by atoms with Gasteiger partial charge in [0.05, 0.1) is 11.3 Å². The Hall–Kier alpha value is -4.53. The van der Waals surface area contributed by atoms with Gasteiger partial charge in [-0.2, -0.15) is 0 Å². The fraction of sp³-hybridized carbons (Fsp3) is 0.447. The molecule has 47 heavy (non-hydrogen) atoms. The van der Waals surface area contributed by atoms with E-state index < -0.39 is 5.60 Å². The molecule has 2 fully saturated rings. The van der Waals surface area contributed by atoms with Crippen LogP contribution in [0.2, 0.25) is 0 Å². The second-order valence-corrected chi connectivity index (χ2v) is 14.0. The lowest BCUT2D eigenvalue weighted by atomic mass is 9.88. The van der Waals surface area contributed by atoms with Crippen molar-refractivity contribution in [2.75, 3.05) is 18.4 Å². The van der Waals surface area contributed by atoms with E-state index in [1.54, 1.807) is 17.3 Å². The van der Waals surface area contributed by atoms with E-state index in [1.165, 1.54) is 0 Å². The number of ether oxygens (including phenoxy) is 2. The van der Waals surface area contributed by atoms with E-state index in [0.717, 1.165) is 59.6 Å². The molecule has 1 saturated carbocycles. The number of aromatic nitrogens is 3. The Labute approximate surface area is 277 Å². The van der Waals surface area contributed by atoms with Crippen LogP contribution in [0.3, 0.4) is 0 Å². The minimum atomic E-state index is -0.544. The Kier molecular flexibility index (Phi) is 9.43. The number of hydrogen-bond acceptors (Lipinski definition) is 8. The Morgan fingerprint density at radius 3 is 2.60 bits per heavy atom. The molecule has 9 heteroatoms. The number of likely N-dealkylation sites (tertiary alicyclic amines) is 1. The predicted octanol–water partition coefficient (Wildman–Crippen LogP) is 8.15. The Morgan fingerprint density at radius 1 is 0.957 bits per heavy atom. The van der Waals surface area contributed by atoms with E-state index in [0.29, 0.717) is 54.5 Å². The van der Waals surface area contributed by atoms with Gasteiger partial charge in [0, 0.05) is 49.2 Å². The minimum absolute atomic E-state index is 0.00701. The molecule has 0 bridgehead atoms. The van der Waals surface area contributed by atoms with Crippen LogP contribution >= 0.6 is 0 Å². The number of fused-ring (bicyclic) bond motifs is 1. The number of nitrogens with one attached hydrogen (secondary N) is 1. The molecular weight excluding hydrogens is 590 g/mol. The quantitative estimate of drug-likeness (QED) is 0.207. The van der Waals surface area contributed by atoms with Crippen LogP contribution in [0, 0.1) is 18.8 Å². The molecule has 246 valence electrons. The van der Waals surface area contributed by atoms with Gasteiger partial charge in [-0.3, -0.25) is 4.79 Å². The number of carbonyl (C=O) groups excluding carboxylic acids is 2. The largest absolute Gasteiger partial charge is 0.444 e. The highest BCUT2D eigenvalue weighted by molar-refractivity contribution is 5.96. The smallest absolute Gasteiger partial charge is 0.410 e. The number of benzene rings is 2. The van der Waals surface area contributed by atoms with E-state index in [4.69, 9.17) is 14.5 Å². The van der Waals surface area contributed by atoms with Crippen molar-refractivity contribution in [3.8, 4) is 22.9 Å². The molecule has 2 aromatic carbocycles. The van der Waals surface area contributed by atoms with Crippen LogP contribution in [0.1, 0.15) is 70.9 Å². The van der Waals surface area contributed by atoms with Crippen molar-refractivity contribution in [1.29, 1.82) is 0 Å². The van der Waals surface area contributed by atoms with Gasteiger partial charge in [-0.15, -0.1) is 0 Å². The van der Waals surface area contributed by atoms with Gasteiger partial charge in [0.2, 0.25) is 11.8 Å². The molecule has 2 aliphatic rings. The van der Waals surface area contributed by atoms with Crippen LogP contribution < -0.4 is 10.1 Å². The molecule has 1 aliphatic heterocycles. The third kappa shape index (κ3) is 7.56. The molecule has 3 heterocycles. The van der Waals surface area contributed by atoms with Crippen molar-refractivity contribution in [3.63, 3.8) is 0 Å². The molecule has 1 aliphatic carbocycles. The third-order valence-electron chi connectivity index (χ3n) is 9.25. The summed E-state index contributed by atoms with van der Waals surface area (Å²) in [5.74, 6) is 2.55. The average molecular weight is 636 g/mol. The number of anilines is 1. The zero-order valence-corrected chi connectivity index (χ0v) is 28.1. The normalized spacial score (nSPS) is 19.9. The van der Waals surface area contributed by atoms with Crippen LogP contribution in [0.25, 0.3) is 22.0 Å². The first-order chi connectivity index (χ1) is 22.6. The van der Waals surface area contributed by atoms with E-state index in [-0.39, 0.29) is 18.1 Å². The highest BCUT2D eigenvalue weighted by atomic mass is 16.6. The van der Waals surface area contributed by atoms with Gasteiger partial charge in [-0.25, -0.2) is 19.7 Å². The molecule has 0 radical (unpaired) electrons. The number of piperidine rings is 1. The summed E-state index contributed by atoms with van der Waals surface area (Å²) in [6, 6.07) is 15.9. The Balaban J connectivity index is 1.23. The minimum Gasteiger partial charge on any atom is -0.444 e. The molecule has 1 amide bonds. The van der Waals surface area contributed by atoms with Crippen LogP contribution in [0.4, 0.5) is 10.7 Å². The molecule has 2 unspecified atom stereocenters. The van der Waals surface area contributed by atoms with E-state index >= 15 is 0 Å². The van der Waals surface area contributed by atoms with Gasteiger partial charge in [0.15, 0.2) is 0 Å². The van der Waals surface area contributed by atoms with Crippen LogP contribution in [-0.4, -0.2) is 56.5 Å².